The quantitative estimate of drug-likeness (QED) is 0.746. The summed E-state index contributed by atoms with van der Waals surface area (Å²) in [6, 6.07) is 5.65. The molecular formula is C16H13ClN4O. The Morgan fingerprint density at radius 1 is 1.32 bits per heavy atom. The normalized spacial score (nSPS) is 10.8. The minimum Gasteiger partial charge on any atom is -0.298 e. The van der Waals surface area contributed by atoms with Crippen LogP contribution in [0.25, 0.3) is 17.1 Å². The number of nitrogens with zero attached hydrogens (tertiary/aromatic N) is 4. The maximum absolute atomic E-state index is 12.4. The maximum atomic E-state index is 12.4. The summed E-state index contributed by atoms with van der Waals surface area (Å²) >= 11 is 5.79. The first-order chi connectivity index (χ1) is 10.6. The molecule has 0 aliphatic heterocycles. The number of aryl methyl sites for hydroxylation is 1. The van der Waals surface area contributed by atoms with Gasteiger partial charge in [0, 0.05) is 12.4 Å². The van der Waals surface area contributed by atoms with Gasteiger partial charge in [0.2, 0.25) is 0 Å². The van der Waals surface area contributed by atoms with Crippen LogP contribution in [0.3, 0.4) is 0 Å². The average molecular weight is 313 g/mol. The molecule has 0 unspecified atom stereocenters. The minimum absolute atomic E-state index is 0.155. The first-order valence-electron chi connectivity index (χ1n) is 6.68. The van der Waals surface area contributed by atoms with Crippen molar-refractivity contribution < 1.29 is 0 Å². The third kappa shape index (κ3) is 2.63. The SMILES string of the molecule is C=Cc1ccc2c(c1)nc(C)c(=O)n2Cc1ncc(Cl)cn1. The highest BCUT2D eigenvalue weighted by atomic mass is 35.5. The topological polar surface area (TPSA) is 60.7 Å². The molecule has 0 atom stereocenters. The summed E-state index contributed by atoms with van der Waals surface area (Å²) in [5.74, 6) is 0.520. The van der Waals surface area contributed by atoms with Crippen LogP contribution in [0.5, 0.6) is 0 Å². The lowest BCUT2D eigenvalue weighted by atomic mass is 10.2. The van der Waals surface area contributed by atoms with E-state index in [1.807, 2.05) is 18.2 Å². The minimum atomic E-state index is -0.155. The third-order valence-electron chi connectivity index (χ3n) is 3.34. The number of aromatic nitrogens is 4. The summed E-state index contributed by atoms with van der Waals surface area (Å²) in [4.78, 5) is 25.1. The van der Waals surface area contributed by atoms with E-state index < -0.39 is 0 Å². The van der Waals surface area contributed by atoms with Crippen molar-refractivity contribution in [2.45, 2.75) is 13.5 Å². The molecule has 3 aromatic rings. The van der Waals surface area contributed by atoms with Crippen molar-refractivity contribution in [2.75, 3.05) is 0 Å². The molecule has 0 spiro atoms. The van der Waals surface area contributed by atoms with Gasteiger partial charge < -0.3 is 0 Å². The molecule has 0 bridgehead atoms. The van der Waals surface area contributed by atoms with E-state index in [4.69, 9.17) is 11.6 Å². The Hall–Kier alpha value is -2.53. The van der Waals surface area contributed by atoms with Crippen molar-refractivity contribution >= 4 is 28.7 Å². The molecule has 0 radical (unpaired) electrons. The van der Waals surface area contributed by atoms with Gasteiger partial charge in [-0.25, -0.2) is 15.0 Å². The Morgan fingerprint density at radius 2 is 2.05 bits per heavy atom. The van der Waals surface area contributed by atoms with Crippen LogP contribution in [-0.2, 0) is 6.54 Å². The van der Waals surface area contributed by atoms with E-state index in [0.29, 0.717) is 16.5 Å². The fraction of sp³-hybridized carbons (Fsp3) is 0.125. The van der Waals surface area contributed by atoms with E-state index >= 15 is 0 Å². The standard InChI is InChI=1S/C16H13ClN4O/c1-3-11-4-5-14-13(6-11)20-10(2)16(22)21(14)9-15-18-7-12(17)8-19-15/h3-8H,1,9H2,2H3. The zero-order chi connectivity index (χ0) is 15.7. The molecule has 5 nitrogen and oxygen atoms in total. The van der Waals surface area contributed by atoms with Gasteiger partial charge in [0.1, 0.15) is 11.5 Å². The molecule has 0 amide bonds. The monoisotopic (exact) mass is 312 g/mol. The number of fused-ring (bicyclic) bond motifs is 1. The highest BCUT2D eigenvalue weighted by molar-refractivity contribution is 6.30. The van der Waals surface area contributed by atoms with E-state index in [1.54, 1.807) is 17.6 Å². The van der Waals surface area contributed by atoms with Crippen molar-refractivity contribution in [3.63, 3.8) is 0 Å². The highest BCUT2D eigenvalue weighted by Gasteiger charge is 2.10. The number of rotatable bonds is 3. The second kappa shape index (κ2) is 5.69. The van der Waals surface area contributed by atoms with Gasteiger partial charge in [0.05, 0.1) is 22.6 Å². The van der Waals surface area contributed by atoms with Crippen LogP contribution >= 0.6 is 11.6 Å². The molecule has 0 saturated carbocycles. The van der Waals surface area contributed by atoms with E-state index in [2.05, 4.69) is 21.5 Å². The molecule has 110 valence electrons. The molecule has 2 aromatic heterocycles. The Morgan fingerprint density at radius 3 is 2.73 bits per heavy atom. The maximum Gasteiger partial charge on any atom is 0.272 e. The lowest BCUT2D eigenvalue weighted by Gasteiger charge is -2.10. The lowest BCUT2D eigenvalue weighted by Crippen LogP contribution is -2.25. The van der Waals surface area contributed by atoms with Crippen LogP contribution in [0.15, 0.2) is 42.0 Å². The summed E-state index contributed by atoms with van der Waals surface area (Å²) in [5.41, 5.74) is 2.70. The largest absolute Gasteiger partial charge is 0.298 e. The Labute approximate surface area is 131 Å². The van der Waals surface area contributed by atoms with Gasteiger partial charge in [-0.1, -0.05) is 30.3 Å². The molecule has 6 heteroatoms. The summed E-state index contributed by atoms with van der Waals surface area (Å²) < 4.78 is 1.62. The molecule has 0 aliphatic rings. The summed E-state index contributed by atoms with van der Waals surface area (Å²) in [6.45, 7) is 5.71. The molecule has 1 aromatic carbocycles. The molecule has 0 fully saturated rings. The van der Waals surface area contributed by atoms with Gasteiger partial charge in [-0.2, -0.15) is 0 Å². The molecular weight excluding hydrogens is 300 g/mol. The number of hydrogen-bond acceptors (Lipinski definition) is 4. The second-order valence-corrected chi connectivity index (χ2v) is 5.29. The smallest absolute Gasteiger partial charge is 0.272 e. The predicted octanol–water partition coefficient (Wildman–Crippen LogP) is 2.84. The van der Waals surface area contributed by atoms with Crippen LogP contribution in [0.2, 0.25) is 5.02 Å². The van der Waals surface area contributed by atoms with Gasteiger partial charge in [-0.15, -0.1) is 0 Å². The molecule has 3 rings (SSSR count). The average Bonchev–Trinajstić information content (AvgIpc) is 2.53. The molecule has 22 heavy (non-hydrogen) atoms. The van der Waals surface area contributed by atoms with Crippen LogP contribution < -0.4 is 5.56 Å². The molecule has 0 saturated heterocycles. The second-order valence-electron chi connectivity index (χ2n) is 4.86. The predicted molar refractivity (Wildman–Crippen MR) is 87.0 cm³/mol. The van der Waals surface area contributed by atoms with Crippen LogP contribution in [0.1, 0.15) is 17.1 Å². The van der Waals surface area contributed by atoms with Gasteiger partial charge in [0.25, 0.3) is 5.56 Å². The van der Waals surface area contributed by atoms with Gasteiger partial charge in [-0.05, 0) is 24.6 Å². The Balaban J connectivity index is 2.18. The van der Waals surface area contributed by atoms with E-state index in [0.717, 1.165) is 16.6 Å². The first kappa shape index (κ1) is 14.4. The van der Waals surface area contributed by atoms with Crippen molar-refractivity contribution in [1.82, 2.24) is 19.5 Å². The third-order valence-corrected chi connectivity index (χ3v) is 3.54. The lowest BCUT2D eigenvalue weighted by molar-refractivity contribution is 0.729. The zero-order valence-electron chi connectivity index (χ0n) is 12.0. The summed E-state index contributed by atoms with van der Waals surface area (Å²) in [6.07, 6.45) is 4.77. The zero-order valence-corrected chi connectivity index (χ0v) is 12.7. The first-order valence-corrected chi connectivity index (χ1v) is 7.06. The molecule has 0 aliphatic carbocycles. The van der Waals surface area contributed by atoms with E-state index in [1.165, 1.54) is 12.4 Å². The number of benzene rings is 1. The number of halogens is 1. The van der Waals surface area contributed by atoms with Gasteiger partial charge >= 0.3 is 0 Å². The van der Waals surface area contributed by atoms with Crippen molar-refractivity contribution in [3.8, 4) is 0 Å². The van der Waals surface area contributed by atoms with E-state index in [-0.39, 0.29) is 12.1 Å². The van der Waals surface area contributed by atoms with Crippen LogP contribution in [0.4, 0.5) is 0 Å². The van der Waals surface area contributed by atoms with Crippen LogP contribution in [0, 0.1) is 6.92 Å². The van der Waals surface area contributed by atoms with Crippen LogP contribution in [-0.4, -0.2) is 19.5 Å². The number of hydrogen-bond donors (Lipinski definition) is 0. The summed E-state index contributed by atoms with van der Waals surface area (Å²) in [7, 11) is 0. The van der Waals surface area contributed by atoms with Gasteiger partial charge in [-0.3, -0.25) is 9.36 Å². The van der Waals surface area contributed by atoms with Crippen molar-refractivity contribution in [1.29, 1.82) is 0 Å². The fourth-order valence-corrected chi connectivity index (χ4v) is 2.34. The molecule has 0 N–H and O–H groups in total. The molecule has 2 heterocycles. The summed E-state index contributed by atoms with van der Waals surface area (Å²) in [5, 5.41) is 0.461. The Bertz CT molecular complexity index is 916. The van der Waals surface area contributed by atoms with Crippen molar-refractivity contribution in [3.05, 3.63) is 69.6 Å². The Kier molecular flexibility index (Phi) is 3.73. The fourth-order valence-electron chi connectivity index (χ4n) is 2.24. The van der Waals surface area contributed by atoms with Crippen molar-refractivity contribution in [2.24, 2.45) is 0 Å². The van der Waals surface area contributed by atoms with E-state index in [9.17, 15) is 4.79 Å². The van der Waals surface area contributed by atoms with Gasteiger partial charge in [0.15, 0.2) is 0 Å². The highest BCUT2D eigenvalue weighted by Crippen LogP contribution is 2.15.